The summed E-state index contributed by atoms with van der Waals surface area (Å²) in [4.78, 5) is 0. The summed E-state index contributed by atoms with van der Waals surface area (Å²) in [7, 11) is 0. The maximum absolute atomic E-state index is 8.94. The molecular weight excluding hydrogens is 290 g/mol. The summed E-state index contributed by atoms with van der Waals surface area (Å²) in [5.41, 5.74) is 2.24. The van der Waals surface area contributed by atoms with Gasteiger partial charge in [-0.1, -0.05) is 25.5 Å². The molecule has 1 heteroatoms. The van der Waals surface area contributed by atoms with Crippen LogP contribution in [0.25, 0.3) is 0 Å². The summed E-state index contributed by atoms with van der Waals surface area (Å²) in [6, 6.07) is 10.6. The van der Waals surface area contributed by atoms with E-state index in [-0.39, 0.29) is 0 Å². The number of benzene rings is 1. The summed E-state index contributed by atoms with van der Waals surface area (Å²) in [5.74, 6) is 6.06. The molecule has 1 nitrogen and oxygen atoms in total. The molecule has 0 saturated heterocycles. The Bertz CT molecular complexity index is 583. The first kappa shape index (κ1) is 16.2. The van der Waals surface area contributed by atoms with Gasteiger partial charge in [0.1, 0.15) is 0 Å². The minimum Gasteiger partial charge on any atom is -0.192 e. The highest BCUT2D eigenvalue weighted by Gasteiger charge is 2.47. The highest BCUT2D eigenvalue weighted by molar-refractivity contribution is 5.33. The fourth-order valence-electron chi connectivity index (χ4n) is 5.70. The number of nitriles is 1. The van der Waals surface area contributed by atoms with Crippen molar-refractivity contribution in [3.05, 3.63) is 35.4 Å². The monoisotopic (exact) mass is 321 g/mol. The molecule has 1 aromatic carbocycles. The van der Waals surface area contributed by atoms with E-state index in [1.54, 1.807) is 6.42 Å². The van der Waals surface area contributed by atoms with Gasteiger partial charge in [-0.05, 0) is 105 Å². The van der Waals surface area contributed by atoms with E-state index in [0.29, 0.717) is 0 Å². The highest BCUT2D eigenvalue weighted by Crippen LogP contribution is 2.57. The third-order valence-corrected chi connectivity index (χ3v) is 7.45. The lowest BCUT2D eigenvalue weighted by Gasteiger charge is -2.47. The van der Waals surface area contributed by atoms with Crippen molar-refractivity contribution >= 4 is 0 Å². The first-order valence-electron chi connectivity index (χ1n) is 10.3. The number of rotatable bonds is 5. The zero-order chi connectivity index (χ0) is 16.5. The van der Waals surface area contributed by atoms with Crippen LogP contribution in [0.1, 0.15) is 81.8 Å². The van der Waals surface area contributed by atoms with Crippen molar-refractivity contribution in [3.63, 3.8) is 0 Å². The second-order valence-electron chi connectivity index (χ2n) is 8.76. The molecule has 0 aliphatic heterocycles. The van der Waals surface area contributed by atoms with Gasteiger partial charge in [0.25, 0.3) is 0 Å². The van der Waals surface area contributed by atoms with E-state index in [0.717, 1.165) is 41.1 Å². The molecule has 0 aromatic heterocycles. The predicted molar refractivity (Wildman–Crippen MR) is 98.6 cm³/mol. The molecule has 128 valence electrons. The van der Waals surface area contributed by atoms with Crippen molar-refractivity contribution < 1.29 is 0 Å². The molecule has 0 amide bonds. The van der Waals surface area contributed by atoms with E-state index in [2.05, 4.69) is 25.1 Å². The summed E-state index contributed by atoms with van der Waals surface area (Å²) in [5, 5.41) is 8.94. The van der Waals surface area contributed by atoms with Crippen LogP contribution >= 0.6 is 0 Å². The van der Waals surface area contributed by atoms with Gasteiger partial charge in [-0.15, -0.1) is 0 Å². The van der Waals surface area contributed by atoms with Gasteiger partial charge < -0.3 is 0 Å². The predicted octanol–water partition coefficient (Wildman–Crippen LogP) is 6.29. The smallest absolute Gasteiger partial charge is 0.0991 e. The molecule has 0 heterocycles. The Hall–Kier alpha value is -1.29. The Labute approximate surface area is 147 Å². The van der Waals surface area contributed by atoms with Gasteiger partial charge in [-0.2, -0.15) is 5.26 Å². The molecule has 0 N–H and O–H groups in total. The SMILES string of the molecule is CCC1CC(C2CC2)C1CC1CCC(c2ccc(C#N)cc2)CC1. The largest absolute Gasteiger partial charge is 0.192 e. The average molecular weight is 322 g/mol. The van der Waals surface area contributed by atoms with Crippen LogP contribution in [0, 0.1) is 40.9 Å². The zero-order valence-electron chi connectivity index (χ0n) is 15.1. The van der Waals surface area contributed by atoms with E-state index in [4.69, 9.17) is 5.26 Å². The van der Waals surface area contributed by atoms with Crippen LogP contribution in [0.4, 0.5) is 0 Å². The Balaban J connectivity index is 1.30. The summed E-state index contributed by atoms with van der Waals surface area (Å²) in [6.45, 7) is 2.41. The molecule has 0 spiro atoms. The number of hydrogen-bond acceptors (Lipinski definition) is 1. The standard InChI is InChI=1S/C23H31N/c1-2-18-14-23(21-11-12-21)22(18)13-16-3-7-19(8-4-16)20-9-5-17(15-24)6-10-20/h5-6,9-10,16,18-19,21-23H,2-4,7-8,11-14H2,1H3. The molecule has 3 atom stereocenters. The van der Waals surface area contributed by atoms with Crippen LogP contribution in [0.3, 0.4) is 0 Å². The van der Waals surface area contributed by atoms with Gasteiger partial charge in [0.2, 0.25) is 0 Å². The second-order valence-corrected chi connectivity index (χ2v) is 8.76. The fourth-order valence-corrected chi connectivity index (χ4v) is 5.70. The molecule has 3 aliphatic carbocycles. The Morgan fingerprint density at radius 3 is 2.29 bits per heavy atom. The van der Waals surface area contributed by atoms with Crippen LogP contribution in [0.2, 0.25) is 0 Å². The van der Waals surface area contributed by atoms with Crippen molar-refractivity contribution in [3.8, 4) is 6.07 Å². The first-order valence-corrected chi connectivity index (χ1v) is 10.3. The normalized spacial score (nSPS) is 35.9. The fraction of sp³-hybridized carbons (Fsp3) is 0.696. The molecule has 3 saturated carbocycles. The van der Waals surface area contributed by atoms with Crippen LogP contribution in [0.15, 0.2) is 24.3 Å². The van der Waals surface area contributed by atoms with Gasteiger partial charge in [-0.25, -0.2) is 0 Å². The Kier molecular flexibility index (Phi) is 4.66. The molecule has 3 fully saturated rings. The minimum atomic E-state index is 0.733. The van der Waals surface area contributed by atoms with E-state index in [1.165, 1.54) is 56.9 Å². The van der Waals surface area contributed by atoms with Crippen LogP contribution in [-0.2, 0) is 0 Å². The van der Waals surface area contributed by atoms with Crippen molar-refractivity contribution in [2.75, 3.05) is 0 Å². The van der Waals surface area contributed by atoms with Crippen molar-refractivity contribution in [1.82, 2.24) is 0 Å². The van der Waals surface area contributed by atoms with Gasteiger partial charge in [0, 0.05) is 0 Å². The number of hydrogen-bond donors (Lipinski definition) is 0. The summed E-state index contributed by atoms with van der Waals surface area (Å²) in [6.07, 6.45) is 13.1. The molecule has 0 radical (unpaired) electrons. The molecular formula is C23H31N. The Morgan fingerprint density at radius 1 is 1.00 bits per heavy atom. The van der Waals surface area contributed by atoms with Crippen molar-refractivity contribution in [1.29, 1.82) is 5.26 Å². The van der Waals surface area contributed by atoms with Gasteiger partial charge >= 0.3 is 0 Å². The molecule has 0 bridgehead atoms. The first-order chi connectivity index (χ1) is 11.8. The summed E-state index contributed by atoms with van der Waals surface area (Å²) < 4.78 is 0. The van der Waals surface area contributed by atoms with Crippen molar-refractivity contribution in [2.24, 2.45) is 29.6 Å². The third kappa shape index (κ3) is 3.26. The molecule has 3 aliphatic rings. The lowest BCUT2D eigenvalue weighted by Crippen LogP contribution is -2.39. The topological polar surface area (TPSA) is 23.8 Å². The van der Waals surface area contributed by atoms with Gasteiger partial charge in [-0.3, -0.25) is 0 Å². The van der Waals surface area contributed by atoms with Crippen LogP contribution < -0.4 is 0 Å². The molecule has 24 heavy (non-hydrogen) atoms. The van der Waals surface area contributed by atoms with Gasteiger partial charge in [0.05, 0.1) is 11.6 Å². The second kappa shape index (κ2) is 6.91. The molecule has 4 rings (SSSR count). The molecule has 3 unspecified atom stereocenters. The Morgan fingerprint density at radius 2 is 1.71 bits per heavy atom. The van der Waals surface area contributed by atoms with E-state index >= 15 is 0 Å². The van der Waals surface area contributed by atoms with E-state index < -0.39 is 0 Å². The summed E-state index contributed by atoms with van der Waals surface area (Å²) >= 11 is 0. The van der Waals surface area contributed by atoms with Crippen LogP contribution in [0.5, 0.6) is 0 Å². The maximum atomic E-state index is 8.94. The third-order valence-electron chi connectivity index (χ3n) is 7.45. The van der Waals surface area contributed by atoms with Crippen molar-refractivity contribution in [2.45, 2.75) is 70.6 Å². The molecule has 1 aromatic rings. The zero-order valence-corrected chi connectivity index (χ0v) is 15.1. The van der Waals surface area contributed by atoms with E-state index in [1.807, 2.05) is 12.1 Å². The van der Waals surface area contributed by atoms with E-state index in [9.17, 15) is 0 Å². The highest BCUT2D eigenvalue weighted by atomic mass is 14.5. The van der Waals surface area contributed by atoms with Gasteiger partial charge in [0.15, 0.2) is 0 Å². The number of nitrogens with zero attached hydrogens (tertiary/aromatic N) is 1. The lowest BCUT2D eigenvalue weighted by molar-refractivity contribution is 0.0235. The maximum Gasteiger partial charge on any atom is 0.0991 e. The van der Waals surface area contributed by atoms with Crippen LogP contribution in [-0.4, -0.2) is 0 Å². The quantitative estimate of drug-likeness (QED) is 0.624. The average Bonchev–Trinajstić information content (AvgIpc) is 3.45. The minimum absolute atomic E-state index is 0.733. The lowest BCUT2D eigenvalue weighted by atomic mass is 9.58.